The lowest BCUT2D eigenvalue weighted by molar-refractivity contribution is 0.229. The van der Waals surface area contributed by atoms with Crippen molar-refractivity contribution in [3.8, 4) is 0 Å². The molecule has 1 aliphatic heterocycles. The Hall–Kier alpha value is -1.98. The fraction of sp³-hybridized carbons (Fsp3) is 0.294. The molecule has 2 aromatic rings. The quantitative estimate of drug-likeness (QED) is 0.639. The van der Waals surface area contributed by atoms with Gasteiger partial charge in [0, 0.05) is 13.1 Å². The van der Waals surface area contributed by atoms with Gasteiger partial charge >= 0.3 is 10.1 Å². The van der Waals surface area contributed by atoms with E-state index in [9.17, 15) is 16.8 Å². The van der Waals surface area contributed by atoms with Gasteiger partial charge in [-0.3, -0.25) is 5.43 Å². The lowest BCUT2D eigenvalue weighted by atomic mass is 10.2. The van der Waals surface area contributed by atoms with E-state index in [0.29, 0.717) is 24.3 Å². The van der Waals surface area contributed by atoms with Crippen molar-refractivity contribution in [1.82, 2.24) is 9.89 Å². The highest BCUT2D eigenvalue weighted by Crippen LogP contribution is 2.18. The number of sulfonamides is 1. The fourth-order valence-electron chi connectivity index (χ4n) is 2.72. The molecule has 146 valence electrons. The minimum absolute atomic E-state index is 0.0294. The zero-order valence-corrected chi connectivity index (χ0v) is 16.2. The van der Waals surface area contributed by atoms with E-state index in [2.05, 4.69) is 11.0 Å². The summed E-state index contributed by atoms with van der Waals surface area (Å²) in [7, 11) is -7.23. The standard InChI is InChI=1S/C17H21N3O5S2/c21-26(22,20-12-4-5-13-20)14-15-8-10-16(11-9-15)18-19-25-27(23,24)17-6-2-1-3-7-17/h1-3,6-11,18-19H,4-5,12-14H2. The largest absolute Gasteiger partial charge is 0.314 e. The maximum atomic E-state index is 12.3. The number of nitrogens with one attached hydrogen (secondary N) is 2. The Kier molecular flexibility index (Phi) is 6.12. The van der Waals surface area contributed by atoms with Gasteiger partial charge in [0.2, 0.25) is 10.0 Å². The summed E-state index contributed by atoms with van der Waals surface area (Å²) in [6.45, 7) is 1.16. The van der Waals surface area contributed by atoms with Crippen LogP contribution in [0.4, 0.5) is 5.69 Å². The Bertz CT molecular complexity index is 955. The zero-order valence-electron chi connectivity index (χ0n) is 14.5. The molecule has 0 aromatic heterocycles. The predicted octanol–water partition coefficient (Wildman–Crippen LogP) is 1.85. The summed E-state index contributed by atoms with van der Waals surface area (Å²) in [6, 6.07) is 14.4. The van der Waals surface area contributed by atoms with Gasteiger partial charge in [0.1, 0.15) is 0 Å². The molecule has 27 heavy (non-hydrogen) atoms. The molecule has 0 saturated carbocycles. The zero-order chi connectivity index (χ0) is 19.3. The van der Waals surface area contributed by atoms with Crippen LogP contribution in [0.15, 0.2) is 59.5 Å². The van der Waals surface area contributed by atoms with Crippen molar-refractivity contribution in [2.75, 3.05) is 18.5 Å². The predicted molar refractivity (Wildman–Crippen MR) is 101 cm³/mol. The molecule has 0 unspecified atom stereocenters. The minimum atomic E-state index is -3.93. The van der Waals surface area contributed by atoms with Crippen LogP contribution >= 0.6 is 0 Å². The highest BCUT2D eigenvalue weighted by molar-refractivity contribution is 7.88. The first-order chi connectivity index (χ1) is 12.9. The fourth-order valence-corrected chi connectivity index (χ4v) is 5.07. The highest BCUT2D eigenvalue weighted by atomic mass is 32.2. The Morgan fingerprint density at radius 1 is 0.889 bits per heavy atom. The summed E-state index contributed by atoms with van der Waals surface area (Å²) in [5.74, 6) is -0.0560. The van der Waals surface area contributed by atoms with Gasteiger partial charge in [-0.05, 0) is 42.7 Å². The summed E-state index contributed by atoms with van der Waals surface area (Å²) in [5, 5.41) is 0. The first kappa shape index (κ1) is 19.8. The highest BCUT2D eigenvalue weighted by Gasteiger charge is 2.25. The Morgan fingerprint density at radius 3 is 2.15 bits per heavy atom. The van der Waals surface area contributed by atoms with E-state index in [1.807, 2.05) is 0 Å². The Morgan fingerprint density at radius 2 is 1.52 bits per heavy atom. The molecule has 1 fully saturated rings. The van der Waals surface area contributed by atoms with Gasteiger partial charge < -0.3 is 0 Å². The van der Waals surface area contributed by atoms with Gasteiger partial charge in [0.05, 0.1) is 16.3 Å². The van der Waals surface area contributed by atoms with Crippen molar-refractivity contribution in [2.45, 2.75) is 23.5 Å². The van der Waals surface area contributed by atoms with E-state index in [1.54, 1.807) is 42.5 Å². The summed E-state index contributed by atoms with van der Waals surface area (Å²) in [6.07, 6.45) is 1.80. The van der Waals surface area contributed by atoms with E-state index in [4.69, 9.17) is 4.28 Å². The molecule has 0 spiro atoms. The molecule has 2 N–H and O–H groups in total. The molecule has 0 aliphatic carbocycles. The first-order valence-corrected chi connectivity index (χ1v) is 11.4. The molecule has 0 radical (unpaired) electrons. The van der Waals surface area contributed by atoms with Crippen molar-refractivity contribution in [1.29, 1.82) is 0 Å². The number of rotatable bonds is 8. The molecule has 0 atom stereocenters. The van der Waals surface area contributed by atoms with Crippen LogP contribution in [0.5, 0.6) is 0 Å². The summed E-state index contributed by atoms with van der Waals surface area (Å²) < 4.78 is 54.8. The monoisotopic (exact) mass is 411 g/mol. The summed E-state index contributed by atoms with van der Waals surface area (Å²) >= 11 is 0. The molecular weight excluding hydrogens is 390 g/mol. The van der Waals surface area contributed by atoms with Gasteiger partial charge in [-0.1, -0.05) is 35.9 Å². The average molecular weight is 412 g/mol. The van der Waals surface area contributed by atoms with E-state index < -0.39 is 20.1 Å². The van der Waals surface area contributed by atoms with Gasteiger partial charge in [0.25, 0.3) is 0 Å². The Balaban J connectivity index is 1.54. The molecule has 0 bridgehead atoms. The molecular formula is C17H21N3O5S2. The van der Waals surface area contributed by atoms with Gasteiger partial charge in [-0.25, -0.2) is 12.7 Å². The second-order valence-electron chi connectivity index (χ2n) is 6.14. The number of hydrogen-bond donors (Lipinski definition) is 2. The molecule has 3 rings (SSSR count). The topological polar surface area (TPSA) is 105 Å². The van der Waals surface area contributed by atoms with E-state index in [0.717, 1.165) is 12.8 Å². The van der Waals surface area contributed by atoms with Crippen LogP contribution in [0.2, 0.25) is 0 Å². The normalized spacial score (nSPS) is 15.7. The van der Waals surface area contributed by atoms with Gasteiger partial charge in [-0.2, -0.15) is 12.7 Å². The first-order valence-electron chi connectivity index (χ1n) is 8.43. The number of hydrogen-bond acceptors (Lipinski definition) is 7. The molecule has 10 heteroatoms. The van der Waals surface area contributed by atoms with Crippen LogP contribution in [-0.4, -0.2) is 34.2 Å². The SMILES string of the molecule is O=S(=O)(ONNc1ccc(CS(=O)(=O)N2CCCC2)cc1)c1ccccc1. The number of nitrogens with zero attached hydrogens (tertiary/aromatic N) is 1. The summed E-state index contributed by atoms with van der Waals surface area (Å²) in [4.78, 5) is 0.0294. The van der Waals surface area contributed by atoms with Crippen molar-refractivity contribution < 1.29 is 21.1 Å². The Labute approximate surface area is 159 Å². The molecule has 2 aromatic carbocycles. The maximum Gasteiger partial charge on any atom is 0.314 e. The molecule has 0 amide bonds. The number of anilines is 1. The maximum absolute atomic E-state index is 12.3. The second kappa shape index (κ2) is 8.36. The van der Waals surface area contributed by atoms with Crippen molar-refractivity contribution >= 4 is 25.8 Å². The lowest BCUT2D eigenvalue weighted by Crippen LogP contribution is -2.29. The van der Waals surface area contributed by atoms with Crippen molar-refractivity contribution in [3.63, 3.8) is 0 Å². The minimum Gasteiger partial charge on any atom is -0.298 e. The third kappa shape index (κ3) is 5.27. The average Bonchev–Trinajstić information content (AvgIpc) is 3.19. The molecule has 1 aliphatic rings. The van der Waals surface area contributed by atoms with Crippen LogP contribution in [0.1, 0.15) is 18.4 Å². The van der Waals surface area contributed by atoms with E-state index >= 15 is 0 Å². The molecule has 1 heterocycles. The van der Waals surface area contributed by atoms with Crippen LogP contribution in [0.25, 0.3) is 0 Å². The van der Waals surface area contributed by atoms with Crippen LogP contribution < -0.4 is 11.0 Å². The third-order valence-electron chi connectivity index (χ3n) is 4.14. The number of benzene rings is 2. The van der Waals surface area contributed by atoms with E-state index in [1.165, 1.54) is 16.4 Å². The van der Waals surface area contributed by atoms with Crippen LogP contribution in [-0.2, 0) is 30.2 Å². The van der Waals surface area contributed by atoms with E-state index in [-0.39, 0.29) is 10.6 Å². The number of hydrazine groups is 1. The second-order valence-corrected chi connectivity index (χ2v) is 9.65. The molecule has 1 saturated heterocycles. The van der Waals surface area contributed by atoms with Gasteiger partial charge in [0.15, 0.2) is 0 Å². The smallest absolute Gasteiger partial charge is 0.298 e. The van der Waals surface area contributed by atoms with Crippen molar-refractivity contribution in [2.24, 2.45) is 0 Å². The van der Waals surface area contributed by atoms with Gasteiger partial charge in [-0.15, -0.1) is 0 Å². The van der Waals surface area contributed by atoms with Crippen LogP contribution in [0.3, 0.4) is 0 Å². The van der Waals surface area contributed by atoms with Crippen molar-refractivity contribution in [3.05, 3.63) is 60.2 Å². The lowest BCUT2D eigenvalue weighted by Gasteiger charge is -2.15. The third-order valence-corrected chi connectivity index (χ3v) is 7.14. The molecule has 8 nitrogen and oxygen atoms in total. The van der Waals surface area contributed by atoms with Crippen LogP contribution in [0, 0.1) is 0 Å². The summed E-state index contributed by atoms with van der Waals surface area (Å²) in [5.41, 5.74) is 5.98.